The van der Waals surface area contributed by atoms with Crippen LogP contribution in [0, 0.1) is 0 Å². The van der Waals surface area contributed by atoms with Crippen LogP contribution in [0.3, 0.4) is 0 Å². The van der Waals surface area contributed by atoms with Crippen molar-refractivity contribution in [3.05, 3.63) is 0 Å². The Hall–Kier alpha value is -0.240. The topological polar surface area (TPSA) is 77.4 Å². The molecular formula is C26H54O6. The molecule has 0 aliphatic rings. The van der Waals surface area contributed by atoms with Crippen molar-refractivity contribution < 1.29 is 29.2 Å². The van der Waals surface area contributed by atoms with Gasteiger partial charge < -0.3 is 29.2 Å². The van der Waals surface area contributed by atoms with E-state index in [1.54, 1.807) is 14.2 Å². The van der Waals surface area contributed by atoms with E-state index >= 15 is 0 Å². The number of rotatable bonds is 25. The average Bonchev–Trinajstić information content (AvgIpc) is 2.80. The summed E-state index contributed by atoms with van der Waals surface area (Å²) in [6.45, 7) is 5.67. The van der Waals surface area contributed by atoms with Crippen LogP contribution in [-0.2, 0) is 18.9 Å². The van der Waals surface area contributed by atoms with E-state index in [-0.39, 0.29) is 25.4 Å². The van der Waals surface area contributed by atoms with Gasteiger partial charge in [-0.05, 0) is 12.8 Å². The van der Waals surface area contributed by atoms with Gasteiger partial charge in [0.05, 0.1) is 38.6 Å². The average molecular weight is 463 g/mol. The van der Waals surface area contributed by atoms with Crippen LogP contribution in [0.5, 0.6) is 0 Å². The van der Waals surface area contributed by atoms with E-state index in [4.69, 9.17) is 18.9 Å². The van der Waals surface area contributed by atoms with Crippen molar-refractivity contribution in [2.24, 2.45) is 0 Å². The third-order valence-corrected chi connectivity index (χ3v) is 6.10. The van der Waals surface area contributed by atoms with Gasteiger partial charge in [0.25, 0.3) is 0 Å². The van der Waals surface area contributed by atoms with Gasteiger partial charge in [-0.25, -0.2) is 0 Å². The maximum atomic E-state index is 10.3. The van der Waals surface area contributed by atoms with Gasteiger partial charge in [0.1, 0.15) is 12.2 Å². The van der Waals surface area contributed by atoms with Gasteiger partial charge in [0.15, 0.2) is 0 Å². The summed E-state index contributed by atoms with van der Waals surface area (Å²) in [4.78, 5) is 0. The van der Waals surface area contributed by atoms with Crippen LogP contribution in [-0.4, -0.2) is 75.3 Å². The molecule has 4 unspecified atom stereocenters. The molecule has 0 saturated heterocycles. The monoisotopic (exact) mass is 462 g/mol. The fourth-order valence-electron chi connectivity index (χ4n) is 3.93. The predicted octanol–water partition coefficient (Wildman–Crippen LogP) is 5.27. The van der Waals surface area contributed by atoms with E-state index in [2.05, 4.69) is 13.8 Å². The van der Waals surface area contributed by atoms with Crippen molar-refractivity contribution in [1.29, 1.82) is 0 Å². The van der Waals surface area contributed by atoms with Crippen molar-refractivity contribution in [1.82, 2.24) is 0 Å². The molecule has 0 radical (unpaired) electrons. The fraction of sp³-hybridized carbons (Fsp3) is 1.00. The highest BCUT2D eigenvalue weighted by Crippen LogP contribution is 2.14. The minimum atomic E-state index is -0.628. The number of unbranched alkanes of at least 4 members (excludes halogenated alkanes) is 10. The zero-order valence-corrected chi connectivity index (χ0v) is 21.6. The van der Waals surface area contributed by atoms with Crippen LogP contribution in [0.1, 0.15) is 104 Å². The zero-order valence-electron chi connectivity index (χ0n) is 21.6. The molecule has 2 N–H and O–H groups in total. The smallest absolute Gasteiger partial charge is 0.103 e. The van der Waals surface area contributed by atoms with E-state index in [0.29, 0.717) is 13.2 Å². The van der Waals surface area contributed by atoms with Crippen molar-refractivity contribution in [2.75, 3.05) is 40.6 Å². The normalized spacial score (nSPS) is 15.6. The van der Waals surface area contributed by atoms with Gasteiger partial charge in [-0.1, -0.05) is 90.9 Å². The summed E-state index contributed by atoms with van der Waals surface area (Å²) in [6.07, 6.45) is 14.8. The first kappa shape index (κ1) is 31.8. The molecule has 32 heavy (non-hydrogen) atoms. The zero-order chi connectivity index (χ0) is 23.9. The Morgan fingerprint density at radius 3 is 1.22 bits per heavy atom. The summed E-state index contributed by atoms with van der Waals surface area (Å²) < 4.78 is 22.0. The lowest BCUT2D eigenvalue weighted by atomic mass is 10.0. The highest BCUT2D eigenvalue weighted by molar-refractivity contribution is 4.70. The molecule has 0 aromatic carbocycles. The summed E-state index contributed by atoms with van der Waals surface area (Å²) in [7, 11) is 3.29. The molecule has 6 nitrogen and oxygen atoms in total. The molecule has 0 amide bonds. The van der Waals surface area contributed by atoms with Crippen molar-refractivity contribution in [3.8, 4) is 0 Å². The van der Waals surface area contributed by atoms with E-state index in [0.717, 1.165) is 25.7 Å². The molecule has 0 spiro atoms. The second-order valence-electron chi connectivity index (χ2n) is 8.95. The van der Waals surface area contributed by atoms with Gasteiger partial charge >= 0.3 is 0 Å². The van der Waals surface area contributed by atoms with Crippen LogP contribution < -0.4 is 0 Å². The van der Waals surface area contributed by atoms with Gasteiger partial charge in [-0.2, -0.15) is 0 Å². The number of methoxy groups -OCH3 is 2. The van der Waals surface area contributed by atoms with E-state index in [1.165, 1.54) is 64.2 Å². The molecule has 6 heteroatoms. The molecular weight excluding hydrogens is 408 g/mol. The second kappa shape index (κ2) is 23.9. The lowest BCUT2D eigenvalue weighted by Gasteiger charge is -2.22. The van der Waals surface area contributed by atoms with Crippen molar-refractivity contribution in [2.45, 2.75) is 128 Å². The van der Waals surface area contributed by atoms with E-state index < -0.39 is 12.2 Å². The lowest BCUT2D eigenvalue weighted by molar-refractivity contribution is -0.0819. The molecule has 194 valence electrons. The van der Waals surface area contributed by atoms with Crippen LogP contribution in [0.15, 0.2) is 0 Å². The predicted molar refractivity (Wildman–Crippen MR) is 131 cm³/mol. The Kier molecular flexibility index (Phi) is 23.7. The third kappa shape index (κ3) is 18.2. The molecule has 0 aliphatic carbocycles. The summed E-state index contributed by atoms with van der Waals surface area (Å²) in [5.74, 6) is 0. The SMILES string of the molecule is CCCCCCCCC(OC)C(O)COCCOCC(O)C(CCCCCCCC)OC. The Morgan fingerprint density at radius 2 is 0.875 bits per heavy atom. The Morgan fingerprint density at radius 1 is 0.531 bits per heavy atom. The maximum Gasteiger partial charge on any atom is 0.103 e. The molecule has 0 fully saturated rings. The van der Waals surface area contributed by atoms with Crippen LogP contribution >= 0.6 is 0 Å². The van der Waals surface area contributed by atoms with E-state index in [9.17, 15) is 10.2 Å². The molecule has 0 aromatic rings. The minimum Gasteiger partial charge on any atom is -0.388 e. The summed E-state index contributed by atoms with van der Waals surface area (Å²) in [6, 6.07) is 0. The molecule has 0 bridgehead atoms. The quantitative estimate of drug-likeness (QED) is 0.180. The second-order valence-corrected chi connectivity index (χ2v) is 8.95. The summed E-state index contributed by atoms with van der Waals surface area (Å²) in [5.41, 5.74) is 0. The van der Waals surface area contributed by atoms with Gasteiger partial charge in [0, 0.05) is 14.2 Å². The van der Waals surface area contributed by atoms with Crippen molar-refractivity contribution in [3.63, 3.8) is 0 Å². The number of hydrogen-bond acceptors (Lipinski definition) is 6. The Labute approximate surface area is 198 Å². The summed E-state index contributed by atoms with van der Waals surface area (Å²) >= 11 is 0. The summed E-state index contributed by atoms with van der Waals surface area (Å²) in [5, 5.41) is 20.6. The van der Waals surface area contributed by atoms with Crippen LogP contribution in [0.4, 0.5) is 0 Å². The fourth-order valence-corrected chi connectivity index (χ4v) is 3.93. The number of hydrogen-bond donors (Lipinski definition) is 2. The highest BCUT2D eigenvalue weighted by Gasteiger charge is 2.20. The highest BCUT2D eigenvalue weighted by atomic mass is 16.5. The standard InChI is InChI=1S/C26H54O6/c1-5-7-9-11-13-15-17-25(29-3)23(27)21-31-19-20-32-22-24(28)26(30-4)18-16-14-12-10-8-6-2/h23-28H,5-22H2,1-4H3. The Balaban J connectivity index is 3.78. The first-order valence-electron chi connectivity index (χ1n) is 13.2. The molecule has 4 atom stereocenters. The van der Waals surface area contributed by atoms with Gasteiger partial charge in [0.2, 0.25) is 0 Å². The molecule has 0 saturated carbocycles. The molecule has 0 heterocycles. The van der Waals surface area contributed by atoms with Gasteiger partial charge in [-0.15, -0.1) is 0 Å². The number of aliphatic hydroxyl groups excluding tert-OH is 2. The number of aliphatic hydroxyl groups is 2. The van der Waals surface area contributed by atoms with Crippen LogP contribution in [0.2, 0.25) is 0 Å². The van der Waals surface area contributed by atoms with E-state index in [1.807, 2.05) is 0 Å². The number of ether oxygens (including phenoxy) is 4. The molecule has 0 aliphatic heterocycles. The van der Waals surface area contributed by atoms with Crippen LogP contribution in [0.25, 0.3) is 0 Å². The van der Waals surface area contributed by atoms with Crippen molar-refractivity contribution >= 4 is 0 Å². The molecule has 0 aromatic heterocycles. The maximum absolute atomic E-state index is 10.3. The first-order chi connectivity index (χ1) is 15.6. The minimum absolute atomic E-state index is 0.187. The first-order valence-corrected chi connectivity index (χ1v) is 13.2. The molecule has 0 rings (SSSR count). The Bertz CT molecular complexity index is 334. The largest absolute Gasteiger partial charge is 0.388 e. The lowest BCUT2D eigenvalue weighted by Crippen LogP contribution is -2.34. The van der Waals surface area contributed by atoms with Gasteiger partial charge in [-0.3, -0.25) is 0 Å². The third-order valence-electron chi connectivity index (χ3n) is 6.10.